The summed E-state index contributed by atoms with van der Waals surface area (Å²) in [6, 6.07) is 6.95. The van der Waals surface area contributed by atoms with Crippen molar-refractivity contribution < 1.29 is 18.3 Å². The van der Waals surface area contributed by atoms with Crippen molar-refractivity contribution in [2.75, 3.05) is 0 Å². The van der Waals surface area contributed by atoms with Crippen molar-refractivity contribution in [1.29, 1.82) is 0 Å². The monoisotopic (exact) mass is 357 g/mol. The zero-order chi connectivity index (χ0) is 14.9. The van der Waals surface area contributed by atoms with E-state index in [2.05, 4.69) is 15.9 Å². The number of carbonyl (C=O) groups is 1. The standard InChI is InChI=1S/C14H15BrO4S/c1-3-14(2)13(16)11(15)12(19-14)10-6-4-9(5-7-10)8-20(17)18/h4-7H,3,8H2,1-2H3,(H,17,18)/p-1. The molecule has 1 aromatic rings. The van der Waals surface area contributed by atoms with Gasteiger partial charge in [0.15, 0.2) is 5.60 Å². The number of carbonyl (C=O) groups excluding carboxylic acids is 1. The van der Waals surface area contributed by atoms with Crippen molar-refractivity contribution >= 4 is 38.6 Å². The van der Waals surface area contributed by atoms with Crippen LogP contribution in [0.25, 0.3) is 5.76 Å². The number of rotatable bonds is 4. The maximum Gasteiger partial charge on any atom is 0.216 e. The van der Waals surface area contributed by atoms with Crippen molar-refractivity contribution in [2.45, 2.75) is 31.6 Å². The van der Waals surface area contributed by atoms with Crippen LogP contribution in [-0.2, 0) is 26.4 Å². The number of ketones is 1. The molecule has 1 aliphatic heterocycles. The minimum Gasteiger partial charge on any atom is -0.772 e. The molecule has 1 aromatic carbocycles. The van der Waals surface area contributed by atoms with E-state index < -0.39 is 16.7 Å². The Morgan fingerprint density at radius 1 is 1.35 bits per heavy atom. The van der Waals surface area contributed by atoms with Gasteiger partial charge in [0.25, 0.3) is 0 Å². The molecule has 0 fully saturated rings. The van der Waals surface area contributed by atoms with Crippen LogP contribution in [-0.4, -0.2) is 20.1 Å². The molecule has 20 heavy (non-hydrogen) atoms. The van der Waals surface area contributed by atoms with Gasteiger partial charge in [-0.15, -0.1) is 0 Å². The lowest BCUT2D eigenvalue weighted by Gasteiger charge is -2.21. The zero-order valence-electron chi connectivity index (χ0n) is 11.1. The summed E-state index contributed by atoms with van der Waals surface area (Å²) in [5, 5.41) is 0. The summed E-state index contributed by atoms with van der Waals surface area (Å²) in [6.07, 6.45) is 0.581. The summed E-state index contributed by atoms with van der Waals surface area (Å²) in [7, 11) is 0. The smallest absolute Gasteiger partial charge is 0.216 e. The highest BCUT2D eigenvalue weighted by atomic mass is 79.9. The van der Waals surface area contributed by atoms with Crippen LogP contribution in [0.1, 0.15) is 31.4 Å². The van der Waals surface area contributed by atoms with Gasteiger partial charge in [0.05, 0.1) is 0 Å². The third kappa shape index (κ3) is 2.87. The molecule has 0 radical (unpaired) electrons. The highest BCUT2D eigenvalue weighted by molar-refractivity contribution is 9.12. The number of hydrogen-bond donors (Lipinski definition) is 0. The molecule has 0 saturated carbocycles. The van der Waals surface area contributed by atoms with Gasteiger partial charge in [-0.1, -0.05) is 42.3 Å². The molecule has 0 aliphatic carbocycles. The lowest BCUT2D eigenvalue weighted by atomic mass is 9.99. The van der Waals surface area contributed by atoms with Gasteiger partial charge in [-0.3, -0.25) is 9.00 Å². The average molecular weight is 358 g/mol. The first-order valence-electron chi connectivity index (χ1n) is 6.16. The minimum atomic E-state index is -2.11. The molecule has 1 heterocycles. The van der Waals surface area contributed by atoms with Gasteiger partial charge in [-0.25, -0.2) is 0 Å². The molecule has 2 rings (SSSR count). The van der Waals surface area contributed by atoms with Crippen LogP contribution in [0.15, 0.2) is 28.7 Å². The van der Waals surface area contributed by atoms with E-state index in [9.17, 15) is 13.6 Å². The SMILES string of the molecule is CCC1(C)OC(c2ccc(CS(=O)[O-])cc2)=C(Br)C1=O. The largest absolute Gasteiger partial charge is 0.772 e. The maximum absolute atomic E-state index is 12.1. The quantitative estimate of drug-likeness (QED) is 0.777. The van der Waals surface area contributed by atoms with Crippen molar-refractivity contribution in [3.05, 3.63) is 39.9 Å². The minimum absolute atomic E-state index is 0.0209. The number of ether oxygens (including phenoxy) is 1. The molecule has 0 bridgehead atoms. The van der Waals surface area contributed by atoms with Gasteiger partial charge in [-0.2, -0.15) is 0 Å². The number of hydrogen-bond acceptors (Lipinski definition) is 4. The second-order valence-electron chi connectivity index (χ2n) is 4.80. The lowest BCUT2D eigenvalue weighted by Crippen LogP contribution is -2.32. The molecule has 2 unspecified atom stereocenters. The van der Waals surface area contributed by atoms with E-state index in [4.69, 9.17) is 4.74 Å². The van der Waals surface area contributed by atoms with Gasteiger partial charge in [0.2, 0.25) is 5.78 Å². The highest BCUT2D eigenvalue weighted by Crippen LogP contribution is 2.40. The first kappa shape index (κ1) is 15.4. The molecule has 0 spiro atoms. The van der Waals surface area contributed by atoms with Crippen LogP contribution in [0.3, 0.4) is 0 Å². The Hall–Kier alpha value is -0.980. The fourth-order valence-electron chi connectivity index (χ4n) is 1.96. The van der Waals surface area contributed by atoms with Crippen LogP contribution in [0.4, 0.5) is 0 Å². The second-order valence-corrected chi connectivity index (χ2v) is 6.49. The number of benzene rings is 1. The molecule has 6 heteroatoms. The van der Waals surface area contributed by atoms with Gasteiger partial charge in [0.1, 0.15) is 10.2 Å². The molecule has 0 saturated heterocycles. The Bertz CT molecular complexity index is 594. The zero-order valence-corrected chi connectivity index (χ0v) is 13.5. The number of Topliss-reactive ketones (excluding diaryl/α,β-unsaturated/α-hetero) is 1. The molecule has 4 nitrogen and oxygen atoms in total. The lowest BCUT2D eigenvalue weighted by molar-refractivity contribution is -0.127. The van der Waals surface area contributed by atoms with Gasteiger partial charge in [-0.05, 0) is 34.8 Å². The van der Waals surface area contributed by atoms with Crippen molar-refractivity contribution in [2.24, 2.45) is 0 Å². The maximum atomic E-state index is 12.1. The van der Waals surface area contributed by atoms with Crippen LogP contribution < -0.4 is 0 Å². The Kier molecular flexibility index (Phi) is 4.46. The van der Waals surface area contributed by atoms with Crippen LogP contribution >= 0.6 is 15.9 Å². The van der Waals surface area contributed by atoms with E-state index in [0.717, 1.165) is 5.56 Å². The van der Waals surface area contributed by atoms with Gasteiger partial charge >= 0.3 is 0 Å². The Morgan fingerprint density at radius 3 is 2.40 bits per heavy atom. The fourth-order valence-corrected chi connectivity index (χ4v) is 3.15. The van der Waals surface area contributed by atoms with E-state index in [1.165, 1.54) is 0 Å². The van der Waals surface area contributed by atoms with E-state index in [0.29, 0.717) is 22.2 Å². The normalized spacial score (nSPS) is 23.9. The predicted molar refractivity (Wildman–Crippen MR) is 79.7 cm³/mol. The van der Waals surface area contributed by atoms with E-state index in [1.54, 1.807) is 31.2 Å². The predicted octanol–water partition coefficient (Wildman–Crippen LogP) is 2.90. The Balaban J connectivity index is 2.29. The van der Waals surface area contributed by atoms with Crippen molar-refractivity contribution in [3.8, 4) is 0 Å². The van der Waals surface area contributed by atoms with E-state index in [1.807, 2.05) is 6.92 Å². The summed E-state index contributed by atoms with van der Waals surface area (Å²) in [4.78, 5) is 12.1. The highest BCUT2D eigenvalue weighted by Gasteiger charge is 2.43. The van der Waals surface area contributed by atoms with Crippen LogP contribution in [0.2, 0.25) is 0 Å². The topological polar surface area (TPSA) is 66.4 Å². The third-order valence-electron chi connectivity index (χ3n) is 3.38. The van der Waals surface area contributed by atoms with E-state index in [-0.39, 0.29) is 11.5 Å². The number of halogens is 1. The average Bonchev–Trinajstić information content (AvgIpc) is 2.64. The van der Waals surface area contributed by atoms with Crippen molar-refractivity contribution in [1.82, 2.24) is 0 Å². The molecule has 1 aliphatic rings. The van der Waals surface area contributed by atoms with Crippen LogP contribution in [0.5, 0.6) is 0 Å². The molecule has 0 aromatic heterocycles. The Labute approximate surface area is 128 Å². The second kappa shape index (κ2) is 5.79. The molecular formula is C14H14BrO4S-. The summed E-state index contributed by atoms with van der Waals surface area (Å²) in [5.41, 5.74) is 0.618. The molecular weight excluding hydrogens is 344 g/mol. The molecule has 0 N–H and O–H groups in total. The van der Waals surface area contributed by atoms with Gasteiger partial charge in [0, 0.05) is 11.3 Å². The first-order valence-corrected chi connectivity index (χ1v) is 8.20. The molecule has 108 valence electrons. The molecule has 0 amide bonds. The summed E-state index contributed by atoms with van der Waals surface area (Å²) in [5.74, 6) is 0.418. The Morgan fingerprint density at radius 2 is 1.95 bits per heavy atom. The first-order chi connectivity index (χ1) is 9.37. The van der Waals surface area contributed by atoms with E-state index >= 15 is 0 Å². The molecule has 2 atom stereocenters. The summed E-state index contributed by atoms with van der Waals surface area (Å²) in [6.45, 7) is 3.66. The summed E-state index contributed by atoms with van der Waals surface area (Å²) >= 11 is 1.18. The van der Waals surface area contributed by atoms with Gasteiger partial charge < -0.3 is 9.29 Å². The summed E-state index contributed by atoms with van der Waals surface area (Å²) < 4.78 is 27.5. The third-order valence-corrected chi connectivity index (χ3v) is 4.67. The van der Waals surface area contributed by atoms with Crippen molar-refractivity contribution in [3.63, 3.8) is 0 Å². The fraction of sp³-hybridized carbons (Fsp3) is 0.357. The van der Waals surface area contributed by atoms with Crippen LogP contribution in [0, 0.1) is 0 Å².